The van der Waals surface area contributed by atoms with Gasteiger partial charge in [0.05, 0.1) is 12.9 Å². The fourth-order valence-electron chi connectivity index (χ4n) is 1.34. The lowest BCUT2D eigenvalue weighted by Gasteiger charge is -2.02. The predicted molar refractivity (Wildman–Crippen MR) is 74.9 cm³/mol. The lowest BCUT2D eigenvalue weighted by atomic mass is 10.1. The molecule has 1 rings (SSSR count). The minimum absolute atomic E-state index is 0.104. The number of hydrogen-bond acceptors (Lipinski definition) is 6. The van der Waals surface area contributed by atoms with Crippen LogP contribution in [0.2, 0.25) is 0 Å². The minimum Gasteiger partial charge on any atom is -0.497 e. The Bertz CT molecular complexity index is 600. The number of nitrogens with zero attached hydrogens (tertiary/aromatic N) is 2. The first-order valence-corrected chi connectivity index (χ1v) is 7.64. The highest BCUT2D eigenvalue weighted by Crippen LogP contribution is 2.12. The lowest BCUT2D eigenvalue weighted by molar-refractivity contribution is 0.339. The second kappa shape index (κ2) is 7.50. The van der Waals surface area contributed by atoms with E-state index in [9.17, 15) is 8.42 Å². The number of unbranched alkanes of at least 4 members (excludes halogenated alkanes) is 1. The highest BCUT2D eigenvalue weighted by atomic mass is 32.2. The zero-order chi connectivity index (χ0) is 15.0. The molecule has 0 bridgehead atoms. The Morgan fingerprint density at radius 3 is 2.50 bits per heavy atom. The molecule has 6 nitrogen and oxygen atoms in total. The van der Waals surface area contributed by atoms with E-state index in [4.69, 9.17) is 10.00 Å². The molecule has 1 aromatic rings. The molecule has 0 spiro atoms. The Morgan fingerprint density at radius 1 is 1.35 bits per heavy atom. The Balaban J connectivity index is 2.85. The van der Waals surface area contributed by atoms with E-state index in [1.165, 1.54) is 7.11 Å². The van der Waals surface area contributed by atoms with Crippen LogP contribution in [0.3, 0.4) is 0 Å². The van der Waals surface area contributed by atoms with E-state index in [0.29, 0.717) is 17.7 Å². The first-order chi connectivity index (χ1) is 9.52. The molecule has 7 heteroatoms. The van der Waals surface area contributed by atoms with Gasteiger partial charge in [-0.2, -0.15) is 13.7 Å². The fourth-order valence-corrected chi connectivity index (χ4v) is 2.24. The molecular formula is C13H16N2O4S. The Hall–Kier alpha value is -2.07. The first kappa shape index (κ1) is 16.0. The van der Waals surface area contributed by atoms with Gasteiger partial charge in [-0.25, -0.2) is 0 Å². The van der Waals surface area contributed by atoms with Crippen LogP contribution in [0.4, 0.5) is 0 Å². The molecule has 0 aromatic heterocycles. The molecule has 108 valence electrons. The van der Waals surface area contributed by atoms with Crippen molar-refractivity contribution >= 4 is 15.8 Å². The summed E-state index contributed by atoms with van der Waals surface area (Å²) in [6, 6.07) is 8.30. The van der Waals surface area contributed by atoms with Gasteiger partial charge >= 0.3 is 10.1 Å². The number of methoxy groups -OCH3 is 1. The van der Waals surface area contributed by atoms with Gasteiger partial charge in [0.1, 0.15) is 11.8 Å². The predicted octanol–water partition coefficient (Wildman–Crippen LogP) is 2.07. The van der Waals surface area contributed by atoms with Gasteiger partial charge in [0.2, 0.25) is 0 Å². The van der Waals surface area contributed by atoms with Gasteiger partial charge in [-0.15, -0.1) is 0 Å². The van der Waals surface area contributed by atoms with Crippen molar-refractivity contribution in [2.45, 2.75) is 19.8 Å². The summed E-state index contributed by atoms with van der Waals surface area (Å²) in [5.41, 5.74) is 0.353. The van der Waals surface area contributed by atoms with Gasteiger partial charge < -0.3 is 4.74 Å². The van der Waals surface area contributed by atoms with E-state index in [2.05, 4.69) is 9.44 Å². The number of oxime groups is 1. The van der Waals surface area contributed by atoms with Gasteiger partial charge in [-0.3, -0.25) is 4.28 Å². The van der Waals surface area contributed by atoms with Crippen molar-refractivity contribution in [3.63, 3.8) is 0 Å². The average Bonchev–Trinajstić information content (AvgIpc) is 2.46. The molecule has 0 N–H and O–H groups in total. The summed E-state index contributed by atoms with van der Waals surface area (Å²) in [7, 11) is -2.21. The largest absolute Gasteiger partial charge is 0.497 e. The molecular weight excluding hydrogens is 280 g/mol. The van der Waals surface area contributed by atoms with Crippen LogP contribution in [0.25, 0.3) is 0 Å². The molecule has 0 saturated carbocycles. The van der Waals surface area contributed by atoms with E-state index < -0.39 is 10.1 Å². The third-order valence-electron chi connectivity index (χ3n) is 2.46. The van der Waals surface area contributed by atoms with Gasteiger partial charge in [0.25, 0.3) is 0 Å². The average molecular weight is 296 g/mol. The summed E-state index contributed by atoms with van der Waals surface area (Å²) in [6.45, 7) is 1.87. The monoisotopic (exact) mass is 296 g/mol. The summed E-state index contributed by atoms with van der Waals surface area (Å²) < 4.78 is 32.5. The topological polar surface area (TPSA) is 88.8 Å². The molecule has 0 heterocycles. The molecule has 0 fully saturated rings. The summed E-state index contributed by atoms with van der Waals surface area (Å²) in [5, 5.41) is 12.4. The van der Waals surface area contributed by atoms with Crippen LogP contribution in [0.5, 0.6) is 5.75 Å². The maximum atomic E-state index is 11.5. The van der Waals surface area contributed by atoms with Crippen LogP contribution in [0, 0.1) is 11.3 Å². The summed E-state index contributed by atoms with van der Waals surface area (Å²) in [5.74, 6) is 0.511. The van der Waals surface area contributed by atoms with E-state index >= 15 is 0 Å². The zero-order valence-electron chi connectivity index (χ0n) is 11.4. The Labute approximate surface area is 118 Å². The van der Waals surface area contributed by atoms with Gasteiger partial charge in [-0.05, 0) is 30.7 Å². The normalized spacial score (nSPS) is 11.8. The maximum Gasteiger partial charge on any atom is 0.328 e. The Kier molecular flexibility index (Phi) is 6.00. The third kappa shape index (κ3) is 4.90. The number of benzene rings is 1. The maximum absolute atomic E-state index is 11.5. The SMILES string of the molecule is CCCCS(=O)(=O)O/N=C(\C#N)c1ccc(OC)cc1. The summed E-state index contributed by atoms with van der Waals surface area (Å²) in [4.78, 5) is 0. The second-order valence-corrected chi connectivity index (χ2v) is 5.64. The quantitative estimate of drug-likeness (QED) is 0.567. The first-order valence-electron chi connectivity index (χ1n) is 6.06. The molecule has 0 amide bonds. The standard InChI is InChI=1S/C13H16N2O4S/c1-3-4-9-20(16,17)19-15-13(10-14)11-5-7-12(18-2)8-6-11/h5-8H,3-4,9H2,1-2H3/b15-13+. The fraction of sp³-hybridized carbons (Fsp3) is 0.385. The molecule has 0 unspecified atom stereocenters. The summed E-state index contributed by atoms with van der Waals surface area (Å²) in [6.07, 6.45) is 1.22. The van der Waals surface area contributed by atoms with Crippen molar-refractivity contribution in [3.05, 3.63) is 29.8 Å². The van der Waals surface area contributed by atoms with Gasteiger partial charge in [0, 0.05) is 5.56 Å². The van der Waals surface area contributed by atoms with Crippen LogP contribution in [-0.2, 0) is 14.4 Å². The smallest absolute Gasteiger partial charge is 0.328 e. The molecule has 0 radical (unpaired) electrons. The number of hydrogen-bond donors (Lipinski definition) is 0. The van der Waals surface area contributed by atoms with Crippen LogP contribution in [0.1, 0.15) is 25.3 Å². The molecule has 0 aliphatic rings. The van der Waals surface area contributed by atoms with E-state index in [1.807, 2.05) is 6.92 Å². The van der Waals surface area contributed by atoms with E-state index in [0.717, 1.165) is 6.42 Å². The molecule has 0 atom stereocenters. The highest BCUT2D eigenvalue weighted by Gasteiger charge is 2.12. The number of rotatable bonds is 7. The minimum atomic E-state index is -3.73. The second-order valence-electron chi connectivity index (χ2n) is 3.97. The summed E-state index contributed by atoms with van der Waals surface area (Å²) >= 11 is 0. The molecule has 20 heavy (non-hydrogen) atoms. The van der Waals surface area contributed by atoms with E-state index in [1.54, 1.807) is 30.3 Å². The Morgan fingerprint density at radius 2 is 2.00 bits per heavy atom. The van der Waals surface area contributed by atoms with Crippen molar-refractivity contribution in [2.24, 2.45) is 5.16 Å². The number of nitriles is 1. The van der Waals surface area contributed by atoms with Gasteiger partial charge in [-0.1, -0.05) is 18.5 Å². The molecule has 0 saturated heterocycles. The third-order valence-corrected chi connectivity index (χ3v) is 3.55. The molecule has 0 aliphatic carbocycles. The molecule has 0 aliphatic heterocycles. The lowest BCUT2D eigenvalue weighted by Crippen LogP contribution is -2.09. The van der Waals surface area contributed by atoms with Crippen molar-refractivity contribution in [3.8, 4) is 11.8 Å². The van der Waals surface area contributed by atoms with Crippen LogP contribution < -0.4 is 4.74 Å². The van der Waals surface area contributed by atoms with Crippen molar-refractivity contribution in [1.29, 1.82) is 5.26 Å². The molecule has 1 aromatic carbocycles. The zero-order valence-corrected chi connectivity index (χ0v) is 12.2. The van der Waals surface area contributed by atoms with Crippen LogP contribution in [0.15, 0.2) is 29.4 Å². The van der Waals surface area contributed by atoms with Crippen molar-refractivity contribution in [2.75, 3.05) is 12.9 Å². The van der Waals surface area contributed by atoms with Crippen molar-refractivity contribution in [1.82, 2.24) is 0 Å². The highest BCUT2D eigenvalue weighted by molar-refractivity contribution is 7.86. The van der Waals surface area contributed by atoms with Crippen molar-refractivity contribution < 1.29 is 17.4 Å². The number of ether oxygens (including phenoxy) is 1. The van der Waals surface area contributed by atoms with E-state index in [-0.39, 0.29) is 11.5 Å². The van der Waals surface area contributed by atoms with Crippen LogP contribution >= 0.6 is 0 Å². The van der Waals surface area contributed by atoms with Gasteiger partial charge in [0.15, 0.2) is 5.71 Å². The van der Waals surface area contributed by atoms with Crippen LogP contribution in [-0.4, -0.2) is 27.0 Å².